The van der Waals surface area contributed by atoms with Crippen molar-refractivity contribution in [3.05, 3.63) is 82.8 Å². The average Bonchev–Trinajstić information content (AvgIpc) is 3.06. The summed E-state index contributed by atoms with van der Waals surface area (Å²) in [6.45, 7) is -0.0559. The highest BCUT2D eigenvalue weighted by Gasteiger charge is 2.14. The molecule has 0 atom stereocenters. The van der Waals surface area contributed by atoms with Gasteiger partial charge in [-0.25, -0.2) is 18.4 Å². The highest BCUT2D eigenvalue weighted by atomic mass is 19.1. The summed E-state index contributed by atoms with van der Waals surface area (Å²) in [5, 5.41) is 4.07. The third-order valence-electron chi connectivity index (χ3n) is 4.29. The Balaban J connectivity index is 2.13. The lowest BCUT2D eigenvalue weighted by molar-refractivity contribution is -0.117. The van der Waals surface area contributed by atoms with Crippen molar-refractivity contribution >= 4 is 5.91 Å². The van der Waals surface area contributed by atoms with Gasteiger partial charge in [0.05, 0.1) is 25.0 Å². The van der Waals surface area contributed by atoms with Gasteiger partial charge in [-0.3, -0.25) is 4.79 Å². The van der Waals surface area contributed by atoms with Crippen molar-refractivity contribution in [1.29, 1.82) is 0 Å². The van der Waals surface area contributed by atoms with E-state index in [1.54, 1.807) is 12.1 Å². The second kappa shape index (κ2) is 8.45. The molecule has 1 heterocycles. The van der Waals surface area contributed by atoms with Crippen LogP contribution in [0.15, 0.2) is 71.6 Å². The molecule has 0 saturated carbocycles. The second-order valence-corrected chi connectivity index (χ2v) is 6.27. The van der Waals surface area contributed by atoms with Crippen LogP contribution in [-0.2, 0) is 17.8 Å². The Kier molecular flexibility index (Phi) is 5.81. The summed E-state index contributed by atoms with van der Waals surface area (Å²) in [4.78, 5) is 24.1. The number of carbonyl (C=O) groups is 1. The monoisotopic (exact) mass is 381 g/mol. The molecule has 4 N–H and O–H groups in total. The number of hydrogen-bond donors (Lipinski definition) is 2. The van der Waals surface area contributed by atoms with Gasteiger partial charge in [-0.1, -0.05) is 42.5 Å². The van der Waals surface area contributed by atoms with E-state index in [2.05, 4.69) is 5.10 Å². The molecule has 0 aliphatic rings. The predicted octanol–water partition coefficient (Wildman–Crippen LogP) is 1.54. The van der Waals surface area contributed by atoms with Crippen molar-refractivity contribution in [1.82, 2.24) is 14.3 Å². The Hall–Kier alpha value is -3.52. The number of hydrogen-bond acceptors (Lipinski definition) is 4. The van der Waals surface area contributed by atoms with Crippen molar-refractivity contribution in [3.63, 3.8) is 0 Å². The fourth-order valence-corrected chi connectivity index (χ4v) is 2.90. The van der Waals surface area contributed by atoms with E-state index in [0.29, 0.717) is 17.6 Å². The van der Waals surface area contributed by atoms with Crippen LogP contribution in [0.5, 0.6) is 0 Å². The SMILES string of the molecule is NC/C(=C\F)Cn1ncn(-c2cc(CC(N)=O)ccc2-c2ccccc2)c1=O. The molecule has 8 heteroatoms. The van der Waals surface area contributed by atoms with E-state index in [4.69, 9.17) is 11.5 Å². The number of nitrogens with two attached hydrogens (primary N) is 2. The van der Waals surface area contributed by atoms with Gasteiger partial charge in [0, 0.05) is 12.1 Å². The molecule has 0 saturated heterocycles. The summed E-state index contributed by atoms with van der Waals surface area (Å²) >= 11 is 0. The fourth-order valence-electron chi connectivity index (χ4n) is 2.90. The van der Waals surface area contributed by atoms with E-state index in [1.807, 2.05) is 36.4 Å². The number of nitrogens with zero attached hydrogens (tertiary/aromatic N) is 3. The van der Waals surface area contributed by atoms with Gasteiger partial charge >= 0.3 is 5.69 Å². The number of amides is 1. The summed E-state index contributed by atoms with van der Waals surface area (Å²) in [5.74, 6) is -0.470. The largest absolute Gasteiger partial charge is 0.369 e. The molecule has 0 aliphatic heterocycles. The molecular weight excluding hydrogens is 361 g/mol. The van der Waals surface area contributed by atoms with Gasteiger partial charge in [-0.05, 0) is 22.8 Å². The number of carbonyl (C=O) groups excluding carboxylic acids is 1. The number of rotatable bonds is 7. The summed E-state index contributed by atoms with van der Waals surface area (Å²) < 4.78 is 15.3. The van der Waals surface area contributed by atoms with Gasteiger partial charge in [0.1, 0.15) is 6.33 Å². The van der Waals surface area contributed by atoms with Gasteiger partial charge in [0.2, 0.25) is 5.91 Å². The minimum Gasteiger partial charge on any atom is -0.369 e. The molecule has 0 fully saturated rings. The topological polar surface area (TPSA) is 109 Å². The van der Waals surface area contributed by atoms with Crippen molar-refractivity contribution < 1.29 is 9.18 Å². The minimum atomic E-state index is -0.470. The Morgan fingerprint density at radius 2 is 1.93 bits per heavy atom. The zero-order valence-electron chi connectivity index (χ0n) is 15.1. The minimum absolute atomic E-state index is 0.0147. The van der Waals surface area contributed by atoms with E-state index in [9.17, 15) is 14.0 Å². The first-order chi connectivity index (χ1) is 13.5. The first-order valence-electron chi connectivity index (χ1n) is 8.63. The number of primary amides is 1. The van der Waals surface area contributed by atoms with Crippen LogP contribution in [0.1, 0.15) is 5.56 Å². The molecule has 3 aromatic rings. The second-order valence-electron chi connectivity index (χ2n) is 6.27. The summed E-state index contributed by atoms with van der Waals surface area (Å²) in [6.07, 6.45) is 1.80. The number of aromatic nitrogens is 3. The van der Waals surface area contributed by atoms with Gasteiger partial charge < -0.3 is 11.5 Å². The number of halogens is 1. The Morgan fingerprint density at radius 1 is 1.18 bits per heavy atom. The molecule has 1 amide bonds. The van der Waals surface area contributed by atoms with Crippen molar-refractivity contribution in [2.75, 3.05) is 6.54 Å². The molecule has 0 unspecified atom stereocenters. The zero-order chi connectivity index (χ0) is 20.1. The first-order valence-corrected chi connectivity index (χ1v) is 8.63. The van der Waals surface area contributed by atoms with Crippen molar-refractivity contribution in [2.45, 2.75) is 13.0 Å². The van der Waals surface area contributed by atoms with E-state index in [0.717, 1.165) is 15.8 Å². The van der Waals surface area contributed by atoms with E-state index < -0.39 is 11.6 Å². The van der Waals surface area contributed by atoms with Gasteiger partial charge in [0.25, 0.3) is 0 Å². The maximum absolute atomic E-state index is 12.8. The lowest BCUT2D eigenvalue weighted by Gasteiger charge is -2.12. The summed E-state index contributed by atoms with van der Waals surface area (Å²) in [5.41, 5.74) is 13.5. The van der Waals surface area contributed by atoms with Crippen LogP contribution in [0.3, 0.4) is 0 Å². The maximum Gasteiger partial charge on any atom is 0.350 e. The Morgan fingerprint density at radius 3 is 2.57 bits per heavy atom. The van der Waals surface area contributed by atoms with Gasteiger partial charge in [-0.2, -0.15) is 5.10 Å². The van der Waals surface area contributed by atoms with Crippen LogP contribution in [-0.4, -0.2) is 26.8 Å². The summed E-state index contributed by atoms with van der Waals surface area (Å²) in [7, 11) is 0. The van der Waals surface area contributed by atoms with Crippen LogP contribution in [0.25, 0.3) is 16.8 Å². The van der Waals surface area contributed by atoms with Crippen LogP contribution < -0.4 is 17.2 Å². The fraction of sp³-hybridized carbons (Fsp3) is 0.150. The molecule has 0 aliphatic carbocycles. The molecular formula is C20H20FN5O2. The molecule has 28 heavy (non-hydrogen) atoms. The van der Waals surface area contributed by atoms with E-state index >= 15 is 0 Å². The summed E-state index contributed by atoms with van der Waals surface area (Å²) in [6, 6.07) is 14.9. The first kappa shape index (κ1) is 19.2. The number of benzene rings is 2. The molecule has 1 aromatic heterocycles. The highest BCUT2D eigenvalue weighted by molar-refractivity contribution is 5.79. The molecule has 3 rings (SSSR count). The van der Waals surface area contributed by atoms with E-state index in [1.165, 1.54) is 10.9 Å². The maximum atomic E-state index is 12.8. The van der Waals surface area contributed by atoms with Crippen LogP contribution in [0.2, 0.25) is 0 Å². The van der Waals surface area contributed by atoms with Crippen molar-refractivity contribution in [2.24, 2.45) is 11.5 Å². The van der Waals surface area contributed by atoms with Crippen molar-refractivity contribution in [3.8, 4) is 16.8 Å². The lowest BCUT2D eigenvalue weighted by Crippen LogP contribution is -2.26. The molecule has 144 valence electrons. The quantitative estimate of drug-likeness (QED) is 0.647. The molecule has 0 spiro atoms. The van der Waals surface area contributed by atoms with E-state index in [-0.39, 0.29) is 25.1 Å². The highest BCUT2D eigenvalue weighted by Crippen LogP contribution is 2.27. The Labute approximate surface area is 160 Å². The van der Waals surface area contributed by atoms with Gasteiger partial charge in [0.15, 0.2) is 0 Å². The van der Waals surface area contributed by atoms with Crippen LogP contribution in [0.4, 0.5) is 4.39 Å². The molecule has 0 bridgehead atoms. The normalized spacial score (nSPS) is 11.6. The molecule has 0 radical (unpaired) electrons. The molecule has 2 aromatic carbocycles. The predicted molar refractivity (Wildman–Crippen MR) is 104 cm³/mol. The Bertz CT molecular complexity index is 1070. The zero-order valence-corrected chi connectivity index (χ0v) is 15.1. The van der Waals surface area contributed by atoms with Crippen LogP contribution in [0, 0.1) is 0 Å². The third-order valence-corrected chi connectivity index (χ3v) is 4.29. The smallest absolute Gasteiger partial charge is 0.350 e. The standard InChI is InChI=1S/C20H20FN5O2/c21-10-15(11-22)12-26-20(28)25(13-24-26)18-8-14(9-19(23)27)6-7-17(18)16-4-2-1-3-5-16/h1-8,10,13H,9,11-12,22H2,(H2,23,27)/b15-10+. The van der Waals surface area contributed by atoms with Crippen LogP contribution >= 0.6 is 0 Å². The average molecular weight is 381 g/mol. The van der Waals surface area contributed by atoms with Gasteiger partial charge in [-0.15, -0.1) is 0 Å². The lowest BCUT2D eigenvalue weighted by atomic mass is 10.00. The third kappa shape index (κ3) is 4.07. The molecule has 7 nitrogen and oxygen atoms in total.